The molecule has 0 aliphatic rings. The first kappa shape index (κ1) is 12.4. The van der Waals surface area contributed by atoms with Gasteiger partial charge in [0.25, 0.3) is 0 Å². The zero-order valence-electron chi connectivity index (χ0n) is 10.7. The van der Waals surface area contributed by atoms with Gasteiger partial charge < -0.3 is 9.47 Å². The van der Waals surface area contributed by atoms with Crippen LogP contribution < -0.4 is 4.74 Å². The fourth-order valence-corrected chi connectivity index (χ4v) is 1.76. The number of benzene rings is 1. The van der Waals surface area contributed by atoms with E-state index in [4.69, 9.17) is 9.47 Å². The molecule has 18 heavy (non-hydrogen) atoms. The van der Waals surface area contributed by atoms with Crippen LogP contribution in [0.2, 0.25) is 0 Å². The molecule has 1 aromatic carbocycles. The summed E-state index contributed by atoms with van der Waals surface area (Å²) in [7, 11) is 1.61. The van der Waals surface area contributed by atoms with Crippen LogP contribution in [0.4, 0.5) is 0 Å². The largest absolute Gasteiger partial charge is 0.497 e. The molecule has 0 unspecified atom stereocenters. The van der Waals surface area contributed by atoms with Gasteiger partial charge in [0.15, 0.2) is 0 Å². The van der Waals surface area contributed by atoms with E-state index in [1.165, 1.54) is 0 Å². The summed E-state index contributed by atoms with van der Waals surface area (Å²) in [5.74, 6) is 0.483. The Labute approximate surface area is 105 Å². The van der Waals surface area contributed by atoms with Gasteiger partial charge in [-0.25, -0.2) is 0 Å². The molecular formula is C13H16N2O3. The number of aromatic amines is 1. The molecule has 5 heteroatoms. The fraction of sp³-hybridized carbons (Fsp3) is 0.385. The van der Waals surface area contributed by atoms with Gasteiger partial charge in [0, 0.05) is 11.5 Å². The molecule has 0 aliphatic carbocycles. The molecule has 1 heterocycles. The van der Waals surface area contributed by atoms with Crippen LogP contribution in [0.3, 0.4) is 0 Å². The lowest BCUT2D eigenvalue weighted by atomic mass is 10.1. The Morgan fingerprint density at radius 2 is 2.22 bits per heavy atom. The van der Waals surface area contributed by atoms with Crippen LogP contribution in [0.5, 0.6) is 5.75 Å². The monoisotopic (exact) mass is 248 g/mol. The van der Waals surface area contributed by atoms with Crippen molar-refractivity contribution in [1.29, 1.82) is 0 Å². The summed E-state index contributed by atoms with van der Waals surface area (Å²) in [6.45, 7) is 3.65. The van der Waals surface area contributed by atoms with Gasteiger partial charge in [0.2, 0.25) is 0 Å². The number of rotatable bonds is 4. The molecule has 0 saturated carbocycles. The standard InChI is InChI=1S/C13H16N2O3/c1-8(2)18-13(16)7-12-10-5-4-9(17-3)6-11(10)14-15-12/h4-6,8H,7H2,1-3H3,(H,14,15). The van der Waals surface area contributed by atoms with E-state index in [0.717, 1.165) is 22.3 Å². The molecule has 0 spiro atoms. The van der Waals surface area contributed by atoms with E-state index in [1.807, 2.05) is 32.0 Å². The van der Waals surface area contributed by atoms with Crippen LogP contribution in [0, 0.1) is 0 Å². The second-order valence-electron chi connectivity index (χ2n) is 4.30. The smallest absolute Gasteiger partial charge is 0.312 e. The van der Waals surface area contributed by atoms with Gasteiger partial charge in [-0.1, -0.05) is 0 Å². The molecule has 1 N–H and O–H groups in total. The predicted octanol–water partition coefficient (Wildman–Crippen LogP) is 2.07. The molecule has 2 rings (SSSR count). The fourth-order valence-electron chi connectivity index (χ4n) is 1.76. The summed E-state index contributed by atoms with van der Waals surface area (Å²) in [5.41, 5.74) is 1.54. The molecule has 0 amide bonds. The van der Waals surface area contributed by atoms with Gasteiger partial charge in [-0.05, 0) is 26.0 Å². The number of aromatic nitrogens is 2. The van der Waals surface area contributed by atoms with Crippen LogP contribution in [-0.2, 0) is 16.0 Å². The van der Waals surface area contributed by atoms with Crippen molar-refractivity contribution in [2.24, 2.45) is 0 Å². The maximum Gasteiger partial charge on any atom is 0.312 e. The third kappa shape index (κ3) is 2.61. The number of carbonyl (C=O) groups excluding carboxylic acids is 1. The first-order valence-corrected chi connectivity index (χ1v) is 5.80. The van der Waals surface area contributed by atoms with E-state index in [0.29, 0.717) is 0 Å². The number of methoxy groups -OCH3 is 1. The molecule has 0 atom stereocenters. The SMILES string of the molecule is COc1ccc2c(CC(=O)OC(C)C)[nH]nc2c1. The third-order valence-electron chi connectivity index (χ3n) is 2.53. The number of H-pyrrole nitrogens is 1. The molecule has 5 nitrogen and oxygen atoms in total. The Kier molecular flexibility index (Phi) is 3.50. The topological polar surface area (TPSA) is 64.2 Å². The Bertz CT molecular complexity index is 560. The normalized spacial score (nSPS) is 10.9. The highest BCUT2D eigenvalue weighted by molar-refractivity contribution is 5.86. The van der Waals surface area contributed by atoms with Crippen molar-refractivity contribution in [3.8, 4) is 5.75 Å². The zero-order valence-corrected chi connectivity index (χ0v) is 10.7. The minimum Gasteiger partial charge on any atom is -0.497 e. The Morgan fingerprint density at radius 1 is 1.44 bits per heavy atom. The molecule has 0 bridgehead atoms. The Morgan fingerprint density at radius 3 is 2.89 bits per heavy atom. The summed E-state index contributed by atoms with van der Waals surface area (Å²) < 4.78 is 10.2. The van der Waals surface area contributed by atoms with Crippen LogP contribution >= 0.6 is 0 Å². The summed E-state index contributed by atoms with van der Waals surface area (Å²) in [4.78, 5) is 11.6. The van der Waals surface area contributed by atoms with Gasteiger partial charge in [0.05, 0.1) is 30.8 Å². The van der Waals surface area contributed by atoms with Crippen molar-refractivity contribution in [3.05, 3.63) is 23.9 Å². The molecule has 0 aliphatic heterocycles. The number of fused-ring (bicyclic) bond motifs is 1. The molecule has 1 aromatic heterocycles. The molecular weight excluding hydrogens is 232 g/mol. The second kappa shape index (κ2) is 5.08. The highest BCUT2D eigenvalue weighted by atomic mass is 16.5. The number of esters is 1. The molecule has 0 radical (unpaired) electrons. The third-order valence-corrected chi connectivity index (χ3v) is 2.53. The summed E-state index contributed by atoms with van der Waals surface area (Å²) in [6, 6.07) is 5.55. The minimum absolute atomic E-state index is 0.105. The Balaban J connectivity index is 2.22. The zero-order chi connectivity index (χ0) is 13.1. The summed E-state index contributed by atoms with van der Waals surface area (Å²) in [6.07, 6.45) is 0.0906. The lowest BCUT2D eigenvalue weighted by Gasteiger charge is -2.06. The van der Waals surface area contributed by atoms with Crippen molar-refractivity contribution < 1.29 is 14.3 Å². The van der Waals surface area contributed by atoms with E-state index in [-0.39, 0.29) is 18.5 Å². The average molecular weight is 248 g/mol. The van der Waals surface area contributed by atoms with Gasteiger partial charge in [-0.3, -0.25) is 9.89 Å². The lowest BCUT2D eigenvalue weighted by molar-refractivity contribution is -0.146. The van der Waals surface area contributed by atoms with E-state index >= 15 is 0 Å². The van der Waals surface area contributed by atoms with Crippen molar-refractivity contribution in [1.82, 2.24) is 10.2 Å². The van der Waals surface area contributed by atoms with E-state index < -0.39 is 0 Å². The molecule has 0 fully saturated rings. The number of nitrogens with zero attached hydrogens (tertiary/aromatic N) is 1. The van der Waals surface area contributed by atoms with Crippen LogP contribution in [0.15, 0.2) is 18.2 Å². The van der Waals surface area contributed by atoms with E-state index in [9.17, 15) is 4.79 Å². The maximum absolute atomic E-state index is 11.6. The highest BCUT2D eigenvalue weighted by Gasteiger charge is 2.12. The highest BCUT2D eigenvalue weighted by Crippen LogP contribution is 2.22. The summed E-state index contributed by atoms with van der Waals surface area (Å²) >= 11 is 0. The first-order valence-electron chi connectivity index (χ1n) is 5.80. The van der Waals surface area contributed by atoms with Gasteiger partial charge in [-0.15, -0.1) is 0 Å². The van der Waals surface area contributed by atoms with E-state index in [2.05, 4.69) is 10.2 Å². The van der Waals surface area contributed by atoms with E-state index in [1.54, 1.807) is 7.11 Å². The van der Waals surface area contributed by atoms with Gasteiger partial charge in [0.1, 0.15) is 5.75 Å². The quantitative estimate of drug-likeness (QED) is 0.841. The Hall–Kier alpha value is -2.04. The van der Waals surface area contributed by atoms with Crippen LogP contribution in [0.1, 0.15) is 19.5 Å². The van der Waals surface area contributed by atoms with Gasteiger partial charge >= 0.3 is 5.97 Å². The average Bonchev–Trinajstić information content (AvgIpc) is 2.70. The number of hydrogen-bond donors (Lipinski definition) is 1. The first-order chi connectivity index (χ1) is 8.60. The molecule has 0 saturated heterocycles. The van der Waals surface area contributed by atoms with Crippen molar-refractivity contribution >= 4 is 16.9 Å². The molecule has 2 aromatic rings. The minimum atomic E-state index is -0.258. The number of ether oxygens (including phenoxy) is 2. The predicted molar refractivity (Wildman–Crippen MR) is 67.6 cm³/mol. The maximum atomic E-state index is 11.6. The van der Waals surface area contributed by atoms with Crippen molar-refractivity contribution in [2.75, 3.05) is 7.11 Å². The lowest BCUT2D eigenvalue weighted by Crippen LogP contribution is -2.13. The van der Waals surface area contributed by atoms with Crippen molar-refractivity contribution in [2.45, 2.75) is 26.4 Å². The molecule has 96 valence electrons. The van der Waals surface area contributed by atoms with Crippen molar-refractivity contribution in [3.63, 3.8) is 0 Å². The number of carbonyl (C=O) groups is 1. The van der Waals surface area contributed by atoms with Gasteiger partial charge in [-0.2, -0.15) is 5.10 Å². The number of nitrogens with one attached hydrogen (secondary N) is 1. The number of hydrogen-bond acceptors (Lipinski definition) is 4. The second-order valence-corrected chi connectivity index (χ2v) is 4.30. The van der Waals surface area contributed by atoms with Crippen LogP contribution in [0.25, 0.3) is 10.9 Å². The summed E-state index contributed by atoms with van der Waals surface area (Å²) in [5, 5.41) is 7.92. The van der Waals surface area contributed by atoms with Crippen LogP contribution in [-0.4, -0.2) is 29.4 Å².